The number of fused-ring (bicyclic) bond motifs is 1. The van der Waals surface area contributed by atoms with Crippen molar-refractivity contribution in [1.29, 1.82) is 5.26 Å². The molecular formula is C18H24N2O3. The van der Waals surface area contributed by atoms with E-state index in [1.807, 2.05) is 0 Å². The first kappa shape index (κ1) is 15.9. The third kappa shape index (κ3) is 2.84. The normalized spacial score (nSPS) is 23.9. The van der Waals surface area contributed by atoms with Gasteiger partial charge in [0.2, 0.25) is 5.75 Å². The van der Waals surface area contributed by atoms with Crippen molar-refractivity contribution in [3.63, 3.8) is 0 Å². The van der Waals surface area contributed by atoms with Gasteiger partial charge in [-0.25, -0.2) is 0 Å². The van der Waals surface area contributed by atoms with Crippen molar-refractivity contribution in [3.8, 4) is 23.3 Å². The average molecular weight is 316 g/mol. The lowest BCUT2D eigenvalue weighted by atomic mass is 9.95. The SMILES string of the molecule is COc1cc2c(c(OC)c1OC)CCN(C1CCC(C#N)C1)C2. The van der Waals surface area contributed by atoms with Crippen LogP contribution in [0.2, 0.25) is 0 Å². The molecule has 1 saturated carbocycles. The molecule has 0 aromatic heterocycles. The summed E-state index contributed by atoms with van der Waals surface area (Å²) >= 11 is 0. The molecule has 1 fully saturated rings. The van der Waals surface area contributed by atoms with Crippen LogP contribution < -0.4 is 14.2 Å². The molecule has 0 spiro atoms. The molecule has 2 unspecified atom stereocenters. The van der Waals surface area contributed by atoms with Gasteiger partial charge in [-0.2, -0.15) is 5.26 Å². The predicted octanol–water partition coefficient (Wildman–Crippen LogP) is 2.76. The second-order valence-electron chi connectivity index (χ2n) is 6.30. The van der Waals surface area contributed by atoms with Crippen molar-refractivity contribution < 1.29 is 14.2 Å². The first-order valence-corrected chi connectivity index (χ1v) is 8.16. The van der Waals surface area contributed by atoms with Crippen molar-refractivity contribution in [2.75, 3.05) is 27.9 Å². The van der Waals surface area contributed by atoms with E-state index in [1.165, 1.54) is 11.1 Å². The number of benzene rings is 1. The Morgan fingerprint density at radius 3 is 2.52 bits per heavy atom. The fourth-order valence-electron chi connectivity index (χ4n) is 3.95. The molecule has 1 aliphatic heterocycles. The minimum absolute atomic E-state index is 0.223. The number of rotatable bonds is 4. The van der Waals surface area contributed by atoms with Gasteiger partial charge in [-0.05, 0) is 37.3 Å². The van der Waals surface area contributed by atoms with Crippen LogP contribution in [0.1, 0.15) is 30.4 Å². The topological polar surface area (TPSA) is 54.7 Å². The van der Waals surface area contributed by atoms with Crippen molar-refractivity contribution in [3.05, 3.63) is 17.2 Å². The Balaban J connectivity index is 1.87. The van der Waals surface area contributed by atoms with Crippen molar-refractivity contribution in [2.45, 2.75) is 38.3 Å². The lowest BCUT2D eigenvalue weighted by molar-refractivity contribution is 0.177. The molecule has 124 valence electrons. The van der Waals surface area contributed by atoms with E-state index in [-0.39, 0.29) is 5.92 Å². The zero-order chi connectivity index (χ0) is 16.4. The van der Waals surface area contributed by atoms with Gasteiger partial charge in [0.15, 0.2) is 11.5 Å². The zero-order valence-corrected chi connectivity index (χ0v) is 14.1. The number of hydrogen-bond acceptors (Lipinski definition) is 5. The van der Waals surface area contributed by atoms with Crippen molar-refractivity contribution in [2.24, 2.45) is 5.92 Å². The molecule has 1 heterocycles. The Hall–Kier alpha value is -1.93. The molecule has 0 saturated heterocycles. The summed E-state index contributed by atoms with van der Waals surface area (Å²) in [6.07, 6.45) is 4.08. The maximum Gasteiger partial charge on any atom is 0.203 e. The molecule has 1 aromatic carbocycles. The van der Waals surface area contributed by atoms with Crippen LogP contribution in [0.4, 0.5) is 0 Å². The van der Waals surface area contributed by atoms with Gasteiger partial charge in [-0.1, -0.05) is 0 Å². The first-order chi connectivity index (χ1) is 11.2. The second kappa shape index (κ2) is 6.67. The Morgan fingerprint density at radius 1 is 1.13 bits per heavy atom. The van der Waals surface area contributed by atoms with Crippen LogP contribution in [0.3, 0.4) is 0 Å². The quantitative estimate of drug-likeness (QED) is 0.855. The minimum Gasteiger partial charge on any atom is -0.493 e. The molecule has 0 bridgehead atoms. The Bertz CT molecular complexity index is 624. The maximum absolute atomic E-state index is 9.12. The number of hydrogen-bond donors (Lipinski definition) is 0. The Labute approximate surface area is 137 Å². The van der Waals surface area contributed by atoms with Crippen LogP contribution in [0, 0.1) is 17.2 Å². The zero-order valence-electron chi connectivity index (χ0n) is 14.1. The van der Waals surface area contributed by atoms with E-state index < -0.39 is 0 Å². The summed E-state index contributed by atoms with van der Waals surface area (Å²) < 4.78 is 16.6. The summed E-state index contributed by atoms with van der Waals surface area (Å²) in [6, 6.07) is 5.01. The van der Waals surface area contributed by atoms with E-state index in [1.54, 1.807) is 21.3 Å². The second-order valence-corrected chi connectivity index (χ2v) is 6.30. The van der Waals surface area contributed by atoms with Gasteiger partial charge in [0.1, 0.15) is 0 Å². The molecule has 0 amide bonds. The number of nitrogens with zero attached hydrogens (tertiary/aromatic N) is 2. The van der Waals surface area contributed by atoms with Crippen LogP contribution >= 0.6 is 0 Å². The van der Waals surface area contributed by atoms with E-state index in [0.717, 1.165) is 44.5 Å². The van der Waals surface area contributed by atoms with Crippen LogP contribution in [0.5, 0.6) is 17.2 Å². The standard InChI is InChI=1S/C18H24N2O3/c1-21-16-9-13-11-20(14-5-4-12(8-14)10-19)7-6-15(13)17(22-2)18(16)23-3/h9,12,14H,4-8,11H2,1-3H3. The summed E-state index contributed by atoms with van der Waals surface area (Å²) in [5.74, 6) is 2.41. The molecule has 1 aliphatic carbocycles. The summed E-state index contributed by atoms with van der Waals surface area (Å²) in [4.78, 5) is 2.50. The highest BCUT2D eigenvalue weighted by atomic mass is 16.5. The van der Waals surface area contributed by atoms with Gasteiger partial charge < -0.3 is 14.2 Å². The predicted molar refractivity (Wildman–Crippen MR) is 87.0 cm³/mol. The van der Waals surface area contributed by atoms with Crippen molar-refractivity contribution in [1.82, 2.24) is 4.90 Å². The highest BCUT2D eigenvalue weighted by Crippen LogP contribution is 2.44. The van der Waals surface area contributed by atoms with E-state index in [4.69, 9.17) is 19.5 Å². The number of ether oxygens (including phenoxy) is 3. The smallest absolute Gasteiger partial charge is 0.203 e. The van der Waals surface area contributed by atoms with E-state index >= 15 is 0 Å². The van der Waals surface area contributed by atoms with Crippen LogP contribution in [0.15, 0.2) is 6.07 Å². The Kier molecular flexibility index (Phi) is 4.63. The lowest BCUT2D eigenvalue weighted by Crippen LogP contribution is -2.38. The summed E-state index contributed by atoms with van der Waals surface area (Å²) in [5, 5.41) is 9.12. The van der Waals surface area contributed by atoms with Gasteiger partial charge in [0.05, 0.1) is 27.4 Å². The summed E-state index contributed by atoms with van der Waals surface area (Å²) in [7, 11) is 4.97. The first-order valence-electron chi connectivity index (χ1n) is 8.16. The largest absolute Gasteiger partial charge is 0.493 e. The van der Waals surface area contributed by atoms with Gasteiger partial charge in [0, 0.05) is 30.6 Å². The molecule has 2 atom stereocenters. The highest BCUT2D eigenvalue weighted by molar-refractivity contribution is 5.59. The van der Waals surface area contributed by atoms with Gasteiger partial charge >= 0.3 is 0 Å². The fourth-order valence-corrected chi connectivity index (χ4v) is 3.95. The highest BCUT2D eigenvalue weighted by Gasteiger charge is 2.33. The molecule has 5 heteroatoms. The molecule has 0 radical (unpaired) electrons. The minimum atomic E-state index is 0.223. The molecule has 2 aliphatic rings. The van der Waals surface area contributed by atoms with Gasteiger partial charge in [-0.15, -0.1) is 0 Å². The molecule has 3 rings (SSSR count). The lowest BCUT2D eigenvalue weighted by Gasteiger charge is -2.34. The molecule has 0 N–H and O–H groups in total. The average Bonchev–Trinajstić information content (AvgIpc) is 3.08. The molecule has 1 aromatic rings. The van der Waals surface area contributed by atoms with Crippen molar-refractivity contribution >= 4 is 0 Å². The molecular weight excluding hydrogens is 292 g/mol. The van der Waals surface area contributed by atoms with Gasteiger partial charge in [0.25, 0.3) is 0 Å². The third-order valence-corrected chi connectivity index (χ3v) is 5.15. The van der Waals surface area contributed by atoms with Crippen LogP contribution in [-0.4, -0.2) is 38.8 Å². The van der Waals surface area contributed by atoms with Crippen LogP contribution in [0.25, 0.3) is 0 Å². The molecule has 23 heavy (non-hydrogen) atoms. The summed E-state index contributed by atoms with van der Waals surface area (Å²) in [6.45, 7) is 1.89. The summed E-state index contributed by atoms with van der Waals surface area (Å²) in [5.41, 5.74) is 2.46. The van der Waals surface area contributed by atoms with Crippen LogP contribution in [-0.2, 0) is 13.0 Å². The third-order valence-electron chi connectivity index (χ3n) is 5.15. The number of nitriles is 1. The van der Waals surface area contributed by atoms with Gasteiger partial charge in [-0.3, -0.25) is 4.90 Å². The fraction of sp³-hybridized carbons (Fsp3) is 0.611. The molecule has 5 nitrogen and oxygen atoms in total. The Morgan fingerprint density at radius 2 is 1.91 bits per heavy atom. The maximum atomic E-state index is 9.12. The van der Waals surface area contributed by atoms with E-state index in [0.29, 0.717) is 17.5 Å². The van der Waals surface area contributed by atoms with E-state index in [2.05, 4.69) is 17.0 Å². The monoisotopic (exact) mass is 316 g/mol. The number of methoxy groups -OCH3 is 3. The van der Waals surface area contributed by atoms with E-state index in [9.17, 15) is 0 Å².